The number of nitrogens with two attached hydrogens (primary N) is 1. The molecule has 0 rings (SSSR count). The number of nitrogens with zero attached hydrogens (tertiary/aromatic N) is 1. The fourth-order valence-electron chi connectivity index (χ4n) is 0.396. The minimum Gasteiger partial charge on any atom is -0.303 e. The summed E-state index contributed by atoms with van der Waals surface area (Å²) in [5.74, 6) is 0. The Kier molecular flexibility index (Phi) is 3.52. The van der Waals surface area contributed by atoms with Gasteiger partial charge in [0, 0.05) is 0 Å². The Labute approximate surface area is 61.9 Å². The van der Waals surface area contributed by atoms with Crippen LogP contribution in [0.3, 0.4) is 0 Å². The van der Waals surface area contributed by atoms with Crippen LogP contribution in [0.1, 0.15) is 13.8 Å². The lowest BCUT2D eigenvalue weighted by Gasteiger charge is -2.21. The van der Waals surface area contributed by atoms with Crippen LogP contribution >= 0.6 is 7.67 Å². The van der Waals surface area contributed by atoms with Crippen molar-refractivity contribution in [2.75, 3.05) is 14.1 Å². The summed E-state index contributed by atoms with van der Waals surface area (Å²) in [6.07, 6.45) is -0.0989. The normalized spacial score (nSPS) is 17.9. The first kappa shape index (κ1) is 10.1. The summed E-state index contributed by atoms with van der Waals surface area (Å²) in [7, 11) is 0.269. The van der Waals surface area contributed by atoms with Crippen molar-refractivity contribution < 1.29 is 9.09 Å². The minimum absolute atomic E-state index is 0.0989. The molecule has 4 nitrogen and oxygen atoms in total. The Balaban J connectivity index is 4.01. The van der Waals surface area contributed by atoms with Crippen molar-refractivity contribution in [3.63, 3.8) is 0 Å². The van der Waals surface area contributed by atoms with Gasteiger partial charge in [-0.25, -0.2) is 10.2 Å². The Bertz CT molecular complexity index is 147. The van der Waals surface area contributed by atoms with Crippen LogP contribution in [0.15, 0.2) is 0 Å². The SMILES string of the molecule is CC(C)OP(N)(=O)N(C)C. The molecule has 0 radical (unpaired) electrons. The molecule has 1 atom stereocenters. The maximum Gasteiger partial charge on any atom is 0.340 e. The van der Waals surface area contributed by atoms with Crippen LogP contribution in [0.25, 0.3) is 0 Å². The maximum absolute atomic E-state index is 11.2. The Hall–Kier alpha value is 0.110. The zero-order valence-corrected chi connectivity index (χ0v) is 7.76. The molecule has 0 saturated heterocycles. The fourth-order valence-corrected chi connectivity index (χ4v) is 1.19. The van der Waals surface area contributed by atoms with E-state index in [9.17, 15) is 4.57 Å². The van der Waals surface area contributed by atoms with E-state index in [1.54, 1.807) is 27.9 Å². The summed E-state index contributed by atoms with van der Waals surface area (Å²) in [4.78, 5) is 0. The van der Waals surface area contributed by atoms with Gasteiger partial charge in [0.25, 0.3) is 0 Å². The number of rotatable bonds is 3. The van der Waals surface area contributed by atoms with Crippen molar-refractivity contribution >= 4 is 7.67 Å². The van der Waals surface area contributed by atoms with Gasteiger partial charge in [-0.2, -0.15) is 0 Å². The summed E-state index contributed by atoms with van der Waals surface area (Å²) in [6, 6.07) is 0. The first-order valence-corrected chi connectivity index (χ1v) is 4.75. The molecule has 5 heteroatoms. The van der Waals surface area contributed by atoms with Gasteiger partial charge < -0.3 is 4.52 Å². The highest BCUT2D eigenvalue weighted by Gasteiger charge is 2.20. The highest BCUT2D eigenvalue weighted by atomic mass is 31.2. The van der Waals surface area contributed by atoms with E-state index in [2.05, 4.69) is 0 Å². The van der Waals surface area contributed by atoms with Crippen molar-refractivity contribution in [2.24, 2.45) is 5.50 Å². The van der Waals surface area contributed by atoms with E-state index in [0.717, 1.165) is 0 Å². The van der Waals surface area contributed by atoms with Crippen LogP contribution < -0.4 is 5.50 Å². The minimum atomic E-state index is -2.99. The molecule has 0 bridgehead atoms. The summed E-state index contributed by atoms with van der Waals surface area (Å²) in [5.41, 5.74) is 5.32. The molecule has 0 fully saturated rings. The lowest BCUT2D eigenvalue weighted by molar-refractivity contribution is 0.221. The molecule has 0 aliphatic rings. The van der Waals surface area contributed by atoms with Gasteiger partial charge in [-0.15, -0.1) is 0 Å². The van der Waals surface area contributed by atoms with E-state index in [-0.39, 0.29) is 6.10 Å². The van der Waals surface area contributed by atoms with Crippen molar-refractivity contribution in [3.05, 3.63) is 0 Å². The molecule has 62 valence electrons. The van der Waals surface area contributed by atoms with Gasteiger partial charge in [0.05, 0.1) is 6.10 Å². The van der Waals surface area contributed by atoms with Crippen molar-refractivity contribution in [1.29, 1.82) is 0 Å². The van der Waals surface area contributed by atoms with Crippen molar-refractivity contribution in [1.82, 2.24) is 4.67 Å². The maximum atomic E-state index is 11.2. The molecule has 0 aliphatic carbocycles. The zero-order valence-electron chi connectivity index (χ0n) is 6.87. The van der Waals surface area contributed by atoms with E-state index in [1.807, 2.05) is 0 Å². The van der Waals surface area contributed by atoms with Crippen molar-refractivity contribution in [3.8, 4) is 0 Å². The molecule has 0 aromatic heterocycles. The zero-order chi connectivity index (χ0) is 8.36. The summed E-state index contributed by atoms with van der Waals surface area (Å²) < 4.78 is 17.6. The van der Waals surface area contributed by atoms with Crippen LogP contribution in [0.2, 0.25) is 0 Å². The monoisotopic (exact) mass is 166 g/mol. The van der Waals surface area contributed by atoms with Crippen LogP contribution in [0, 0.1) is 0 Å². The van der Waals surface area contributed by atoms with Gasteiger partial charge >= 0.3 is 7.67 Å². The molecule has 10 heavy (non-hydrogen) atoms. The third-order valence-corrected chi connectivity index (χ3v) is 2.76. The third kappa shape index (κ3) is 3.32. The number of hydrogen-bond donors (Lipinski definition) is 1. The Morgan fingerprint density at radius 1 is 1.50 bits per heavy atom. The highest BCUT2D eigenvalue weighted by Crippen LogP contribution is 2.40. The molecule has 1 unspecified atom stereocenters. The molecule has 0 aliphatic heterocycles. The molecule has 0 aromatic carbocycles. The number of hydrogen-bond acceptors (Lipinski definition) is 2. The standard InChI is InChI=1S/C5H15N2O2P/c1-5(2)9-10(6,8)7(3)4/h5H,1-4H3,(H2,6,8). The largest absolute Gasteiger partial charge is 0.340 e. The lowest BCUT2D eigenvalue weighted by atomic mass is 10.5. The second kappa shape index (κ2) is 3.49. The van der Waals surface area contributed by atoms with Gasteiger partial charge in [-0.3, -0.25) is 4.57 Å². The molecule has 0 heterocycles. The quantitative estimate of drug-likeness (QED) is 0.636. The second-order valence-electron chi connectivity index (χ2n) is 2.57. The van der Waals surface area contributed by atoms with Gasteiger partial charge in [0.2, 0.25) is 0 Å². The summed E-state index contributed by atoms with van der Waals surface area (Å²) in [5, 5.41) is 0. The summed E-state index contributed by atoms with van der Waals surface area (Å²) in [6.45, 7) is 3.59. The molecule has 2 N–H and O–H groups in total. The molecule has 0 saturated carbocycles. The molecule has 0 amide bonds. The Morgan fingerprint density at radius 3 is 2.00 bits per heavy atom. The van der Waals surface area contributed by atoms with Crippen LogP contribution in [-0.4, -0.2) is 24.9 Å². The van der Waals surface area contributed by atoms with Gasteiger partial charge in [-0.05, 0) is 27.9 Å². The molecular weight excluding hydrogens is 151 g/mol. The molecular formula is C5H15N2O2P. The van der Waals surface area contributed by atoms with E-state index in [1.165, 1.54) is 4.67 Å². The van der Waals surface area contributed by atoms with Crippen LogP contribution in [0.4, 0.5) is 0 Å². The van der Waals surface area contributed by atoms with Gasteiger partial charge in [0.1, 0.15) is 0 Å². The van der Waals surface area contributed by atoms with Crippen molar-refractivity contribution in [2.45, 2.75) is 20.0 Å². The lowest BCUT2D eigenvalue weighted by Crippen LogP contribution is -2.19. The first-order chi connectivity index (χ1) is 4.36. The van der Waals surface area contributed by atoms with Gasteiger partial charge in [0.15, 0.2) is 0 Å². The van der Waals surface area contributed by atoms with E-state index in [0.29, 0.717) is 0 Å². The Morgan fingerprint density at radius 2 is 1.90 bits per heavy atom. The highest BCUT2D eigenvalue weighted by molar-refractivity contribution is 7.53. The molecule has 0 aromatic rings. The smallest absolute Gasteiger partial charge is 0.303 e. The predicted molar refractivity (Wildman–Crippen MR) is 41.7 cm³/mol. The predicted octanol–water partition coefficient (Wildman–Crippen LogP) is 1.04. The summed E-state index contributed by atoms with van der Waals surface area (Å²) >= 11 is 0. The average Bonchev–Trinajstić information content (AvgIpc) is 1.60. The second-order valence-corrected chi connectivity index (χ2v) is 4.70. The van der Waals surface area contributed by atoms with Crippen LogP contribution in [0.5, 0.6) is 0 Å². The first-order valence-electron chi connectivity index (χ1n) is 3.11. The van der Waals surface area contributed by atoms with E-state index >= 15 is 0 Å². The average molecular weight is 166 g/mol. The van der Waals surface area contributed by atoms with Crippen LogP contribution in [-0.2, 0) is 9.09 Å². The van der Waals surface area contributed by atoms with E-state index < -0.39 is 7.67 Å². The fraction of sp³-hybridized carbons (Fsp3) is 1.00. The third-order valence-electron chi connectivity index (χ3n) is 0.919. The molecule has 0 spiro atoms. The van der Waals surface area contributed by atoms with E-state index in [4.69, 9.17) is 10.0 Å². The van der Waals surface area contributed by atoms with Gasteiger partial charge in [-0.1, -0.05) is 0 Å². The topological polar surface area (TPSA) is 55.6 Å².